The fourth-order valence-corrected chi connectivity index (χ4v) is 4.50. The molecular formula is C41H28O4. The number of fused-ring (bicyclic) bond motifs is 2. The van der Waals surface area contributed by atoms with Crippen molar-refractivity contribution in [1.82, 2.24) is 0 Å². The van der Waals surface area contributed by atoms with E-state index in [1.165, 1.54) is 0 Å². The average Bonchev–Trinajstić information content (AvgIpc) is 3.08. The highest BCUT2D eigenvalue weighted by atomic mass is 16.5. The third kappa shape index (κ3) is 8.18. The van der Waals surface area contributed by atoms with Gasteiger partial charge >= 0.3 is 11.9 Å². The third-order valence-electron chi connectivity index (χ3n) is 6.77. The predicted octanol–water partition coefficient (Wildman–Crippen LogP) is 7.74. The fourth-order valence-electron chi connectivity index (χ4n) is 4.50. The van der Waals surface area contributed by atoms with Crippen molar-refractivity contribution in [2.24, 2.45) is 0 Å². The van der Waals surface area contributed by atoms with Crippen LogP contribution in [0.3, 0.4) is 0 Å². The van der Waals surface area contributed by atoms with Crippen molar-refractivity contribution in [2.45, 2.75) is 12.8 Å². The molecule has 0 aliphatic carbocycles. The number of benzene rings is 5. The van der Waals surface area contributed by atoms with E-state index < -0.39 is 11.9 Å². The lowest BCUT2D eigenvalue weighted by molar-refractivity contribution is -0.137. The van der Waals surface area contributed by atoms with Crippen molar-refractivity contribution in [3.63, 3.8) is 0 Å². The highest BCUT2D eigenvalue weighted by Gasteiger charge is 2.08. The molecule has 0 saturated carbocycles. The summed E-state index contributed by atoms with van der Waals surface area (Å²) in [7, 11) is 0. The van der Waals surface area contributed by atoms with E-state index in [0.29, 0.717) is 25.2 Å². The molecule has 0 aromatic heterocycles. The number of esters is 2. The number of rotatable bonds is 6. The van der Waals surface area contributed by atoms with Crippen molar-refractivity contribution in [1.29, 1.82) is 0 Å². The standard InChI is InChI=1S/C41H28O4/c1-3-40(42)44-27-9-5-6-10-32-20-23-36-29-33(21-24-35(36)28-32)18-17-30-13-15-31(16-14-30)19-22-34-25-26-39(45-41(43)4-2)38-12-8-7-11-37(34)38/h3-4,7-8,11-16,20-21,23-26,28-29H,1-2,5,9,27H2. The van der Waals surface area contributed by atoms with Gasteiger partial charge in [-0.3, -0.25) is 0 Å². The van der Waals surface area contributed by atoms with Crippen LogP contribution in [-0.2, 0) is 14.3 Å². The zero-order valence-electron chi connectivity index (χ0n) is 24.6. The summed E-state index contributed by atoms with van der Waals surface area (Å²) in [6, 6.07) is 31.4. The Labute approximate surface area is 263 Å². The number of carbonyl (C=O) groups is 2. The summed E-state index contributed by atoms with van der Waals surface area (Å²) in [4.78, 5) is 22.8. The molecular weight excluding hydrogens is 556 g/mol. The van der Waals surface area contributed by atoms with Gasteiger partial charge in [0.15, 0.2) is 0 Å². The van der Waals surface area contributed by atoms with E-state index in [2.05, 4.69) is 72.9 Å². The molecule has 0 heterocycles. The van der Waals surface area contributed by atoms with E-state index in [-0.39, 0.29) is 0 Å². The van der Waals surface area contributed by atoms with Crippen molar-refractivity contribution < 1.29 is 19.1 Å². The van der Waals surface area contributed by atoms with Crippen LogP contribution >= 0.6 is 0 Å². The maximum Gasteiger partial charge on any atom is 0.335 e. The topological polar surface area (TPSA) is 52.6 Å². The summed E-state index contributed by atoms with van der Waals surface area (Å²) < 4.78 is 10.3. The van der Waals surface area contributed by atoms with Gasteiger partial charge in [0.1, 0.15) is 5.75 Å². The van der Waals surface area contributed by atoms with Crippen molar-refractivity contribution in [3.05, 3.63) is 150 Å². The maximum absolute atomic E-state index is 11.7. The third-order valence-corrected chi connectivity index (χ3v) is 6.77. The van der Waals surface area contributed by atoms with Gasteiger partial charge in [-0.25, -0.2) is 9.59 Å². The minimum absolute atomic E-state index is 0.338. The molecule has 0 fully saturated rings. The van der Waals surface area contributed by atoms with Crippen LogP contribution in [0.5, 0.6) is 5.75 Å². The molecule has 0 aliphatic heterocycles. The van der Waals surface area contributed by atoms with Crippen LogP contribution in [0.25, 0.3) is 21.5 Å². The summed E-state index contributed by atoms with van der Waals surface area (Å²) in [5.74, 6) is 18.8. The Bertz CT molecular complexity index is 2120. The molecule has 4 heteroatoms. The Morgan fingerprint density at radius 1 is 0.622 bits per heavy atom. The van der Waals surface area contributed by atoms with Gasteiger partial charge < -0.3 is 9.47 Å². The molecule has 216 valence electrons. The second-order valence-electron chi connectivity index (χ2n) is 9.91. The van der Waals surface area contributed by atoms with E-state index in [9.17, 15) is 9.59 Å². The molecule has 0 atom stereocenters. The molecule has 0 amide bonds. The van der Waals surface area contributed by atoms with Gasteiger partial charge in [0.05, 0.1) is 6.61 Å². The van der Waals surface area contributed by atoms with Gasteiger partial charge in [0, 0.05) is 57.2 Å². The van der Waals surface area contributed by atoms with Gasteiger partial charge in [-0.15, -0.1) is 0 Å². The highest BCUT2D eigenvalue weighted by molar-refractivity contribution is 5.95. The molecule has 4 nitrogen and oxygen atoms in total. The number of hydrogen-bond acceptors (Lipinski definition) is 4. The van der Waals surface area contributed by atoms with Crippen LogP contribution in [0.4, 0.5) is 0 Å². The lowest BCUT2D eigenvalue weighted by atomic mass is 10.0. The Morgan fingerprint density at radius 3 is 1.87 bits per heavy atom. The lowest BCUT2D eigenvalue weighted by Crippen LogP contribution is -2.03. The van der Waals surface area contributed by atoms with Gasteiger partial charge in [0.25, 0.3) is 0 Å². The first-order valence-corrected chi connectivity index (χ1v) is 14.3. The quantitative estimate of drug-likeness (QED) is 0.0674. The molecule has 5 aromatic carbocycles. The minimum Gasteiger partial charge on any atom is -0.463 e. The number of unbranched alkanes of at least 4 members (excludes halogenated alkanes) is 1. The van der Waals surface area contributed by atoms with Crippen molar-refractivity contribution >= 4 is 33.5 Å². The van der Waals surface area contributed by atoms with E-state index in [1.54, 1.807) is 6.07 Å². The monoisotopic (exact) mass is 584 g/mol. The van der Waals surface area contributed by atoms with Crippen molar-refractivity contribution in [3.8, 4) is 41.3 Å². The smallest absolute Gasteiger partial charge is 0.335 e. The highest BCUT2D eigenvalue weighted by Crippen LogP contribution is 2.28. The largest absolute Gasteiger partial charge is 0.463 e. The minimum atomic E-state index is -0.502. The normalized spacial score (nSPS) is 9.87. The molecule has 0 N–H and O–H groups in total. The SMILES string of the molecule is C=CC(=O)OCCCC#Cc1ccc2cc(C#Cc3ccc(C#Cc4ccc(OC(=O)C=C)c5ccccc45)cc3)ccc2c1. The molecule has 0 radical (unpaired) electrons. The van der Waals surface area contributed by atoms with E-state index >= 15 is 0 Å². The molecule has 5 rings (SSSR count). The predicted molar refractivity (Wildman–Crippen MR) is 179 cm³/mol. The Kier molecular flexibility index (Phi) is 9.89. The van der Waals surface area contributed by atoms with Gasteiger partial charge in [-0.05, 0) is 77.9 Å². The number of hydrogen-bond donors (Lipinski definition) is 0. The first-order chi connectivity index (χ1) is 22.0. The first-order valence-electron chi connectivity index (χ1n) is 14.3. The molecule has 0 aliphatic rings. The summed E-state index contributed by atoms with van der Waals surface area (Å²) in [6.07, 6.45) is 3.63. The average molecular weight is 585 g/mol. The fraction of sp³-hybridized carbons (Fsp3) is 0.0732. The lowest BCUT2D eigenvalue weighted by Gasteiger charge is -2.07. The zero-order valence-corrected chi connectivity index (χ0v) is 24.6. The summed E-state index contributed by atoms with van der Waals surface area (Å²) in [6.45, 7) is 7.18. The van der Waals surface area contributed by atoms with Crippen LogP contribution < -0.4 is 4.74 Å². The van der Waals surface area contributed by atoms with Crippen LogP contribution in [-0.4, -0.2) is 18.5 Å². The summed E-state index contributed by atoms with van der Waals surface area (Å²) in [5, 5.41) is 3.90. The zero-order chi connectivity index (χ0) is 31.4. The van der Waals surface area contributed by atoms with Crippen LogP contribution in [0.15, 0.2) is 122 Å². The maximum atomic E-state index is 11.7. The second kappa shape index (κ2) is 14.8. The molecule has 0 saturated heterocycles. The number of ether oxygens (including phenoxy) is 2. The van der Waals surface area contributed by atoms with Crippen LogP contribution in [0.2, 0.25) is 0 Å². The summed E-state index contributed by atoms with van der Waals surface area (Å²) >= 11 is 0. The number of carbonyl (C=O) groups excluding carboxylic acids is 2. The molecule has 0 unspecified atom stereocenters. The van der Waals surface area contributed by atoms with E-state index in [4.69, 9.17) is 9.47 Å². The van der Waals surface area contributed by atoms with E-state index in [0.717, 1.165) is 61.5 Å². The molecule has 0 bridgehead atoms. The van der Waals surface area contributed by atoms with E-state index in [1.807, 2.05) is 66.7 Å². The molecule has 45 heavy (non-hydrogen) atoms. The second-order valence-corrected chi connectivity index (χ2v) is 9.91. The van der Waals surface area contributed by atoms with Crippen LogP contribution in [0, 0.1) is 35.5 Å². The Morgan fingerprint density at radius 2 is 1.20 bits per heavy atom. The van der Waals surface area contributed by atoms with Crippen LogP contribution in [0.1, 0.15) is 40.7 Å². The van der Waals surface area contributed by atoms with Crippen molar-refractivity contribution in [2.75, 3.05) is 6.61 Å². The Balaban J connectivity index is 1.24. The molecule has 0 spiro atoms. The van der Waals surface area contributed by atoms with Gasteiger partial charge in [-0.2, -0.15) is 0 Å². The first kappa shape index (κ1) is 30.2. The summed E-state index contributed by atoms with van der Waals surface area (Å²) in [5.41, 5.74) is 4.46. The molecule has 5 aromatic rings. The Hall–Kier alpha value is -6.28. The van der Waals surface area contributed by atoms with Gasteiger partial charge in [-0.1, -0.05) is 85.1 Å². The van der Waals surface area contributed by atoms with Gasteiger partial charge in [0.2, 0.25) is 0 Å².